The van der Waals surface area contributed by atoms with Gasteiger partial charge in [-0.2, -0.15) is 13.2 Å². The van der Waals surface area contributed by atoms with Gasteiger partial charge in [-0.1, -0.05) is 12.1 Å². The van der Waals surface area contributed by atoms with Crippen molar-refractivity contribution in [2.45, 2.75) is 32.0 Å². The van der Waals surface area contributed by atoms with Crippen LogP contribution in [0.5, 0.6) is 17.4 Å². The summed E-state index contributed by atoms with van der Waals surface area (Å²) in [7, 11) is 0. The Hall–Kier alpha value is -3.62. The molecule has 3 unspecified atom stereocenters. The first kappa shape index (κ1) is 23.1. The van der Waals surface area contributed by atoms with Crippen molar-refractivity contribution in [2.75, 3.05) is 6.61 Å². The van der Waals surface area contributed by atoms with Gasteiger partial charge in [0.05, 0.1) is 18.1 Å². The number of alkyl halides is 3. The van der Waals surface area contributed by atoms with E-state index in [1.165, 1.54) is 30.3 Å². The number of fused-ring (bicyclic) bond motifs is 3. The van der Waals surface area contributed by atoms with E-state index >= 15 is 0 Å². The smallest absolute Gasteiger partial charge is 0.419 e. The van der Waals surface area contributed by atoms with E-state index in [0.29, 0.717) is 12.5 Å². The Balaban J connectivity index is 1.26. The van der Waals surface area contributed by atoms with Gasteiger partial charge in [0.25, 0.3) is 0 Å². The van der Waals surface area contributed by atoms with Crippen LogP contribution in [0.4, 0.5) is 17.6 Å². The number of benzene rings is 2. The summed E-state index contributed by atoms with van der Waals surface area (Å²) in [4.78, 5) is 16.3. The van der Waals surface area contributed by atoms with E-state index in [9.17, 15) is 22.4 Å². The lowest BCUT2D eigenvalue weighted by Gasteiger charge is -2.14. The molecule has 5 nitrogen and oxygen atoms in total. The molecule has 2 aliphatic rings. The maximum absolute atomic E-state index is 14.4. The van der Waals surface area contributed by atoms with Crippen LogP contribution in [0.15, 0.2) is 54.7 Å². The molecule has 1 fully saturated rings. The average molecular weight is 487 g/mol. The fourth-order valence-electron chi connectivity index (χ4n) is 4.70. The lowest BCUT2D eigenvalue weighted by Crippen LogP contribution is -2.11. The molecule has 3 aromatic rings. The topological polar surface area (TPSA) is 57.7 Å². The average Bonchev–Trinajstić information content (AvgIpc) is 3.41. The van der Waals surface area contributed by atoms with Crippen molar-refractivity contribution in [1.82, 2.24) is 4.98 Å². The summed E-state index contributed by atoms with van der Waals surface area (Å²) < 4.78 is 70.3. The zero-order valence-electron chi connectivity index (χ0n) is 18.6. The van der Waals surface area contributed by atoms with Gasteiger partial charge in [-0.3, -0.25) is 4.79 Å². The first-order valence-corrected chi connectivity index (χ1v) is 11.2. The van der Waals surface area contributed by atoms with Gasteiger partial charge in [0, 0.05) is 23.7 Å². The maximum Gasteiger partial charge on any atom is 0.419 e. The van der Waals surface area contributed by atoms with Gasteiger partial charge in [0.2, 0.25) is 5.88 Å². The lowest BCUT2D eigenvalue weighted by atomic mass is 10.0. The minimum Gasteiger partial charge on any atom is -0.473 e. The van der Waals surface area contributed by atoms with Crippen molar-refractivity contribution in [3.05, 3.63) is 82.8 Å². The third kappa shape index (κ3) is 4.54. The van der Waals surface area contributed by atoms with Gasteiger partial charge in [-0.15, -0.1) is 0 Å². The highest BCUT2D eigenvalue weighted by Gasteiger charge is 2.60. The first-order valence-electron chi connectivity index (χ1n) is 11.2. The van der Waals surface area contributed by atoms with E-state index < -0.39 is 17.6 Å². The van der Waals surface area contributed by atoms with Crippen LogP contribution in [0.3, 0.4) is 0 Å². The van der Waals surface area contributed by atoms with Crippen molar-refractivity contribution >= 4 is 5.97 Å². The third-order valence-corrected chi connectivity index (χ3v) is 6.35. The molecule has 0 amide bonds. The highest BCUT2D eigenvalue weighted by molar-refractivity contribution is 5.79. The van der Waals surface area contributed by atoms with Gasteiger partial charge >= 0.3 is 12.1 Å². The number of aromatic nitrogens is 1. The highest BCUT2D eigenvalue weighted by Crippen LogP contribution is 2.61. The standard InChI is InChI=1S/C26H21F4NO4/c1-2-33-25(32)24-17-10-14-11-22(31-12-18(14)23(17)24)34-13-15-9-16(7-8-20(15)27)35-21-6-4-3-5-19(21)26(28,29)30/h3-9,11-12,17,23-24H,2,10,13H2,1H3. The largest absolute Gasteiger partial charge is 0.473 e. The predicted octanol–water partition coefficient (Wildman–Crippen LogP) is 6.06. The van der Waals surface area contributed by atoms with Crippen LogP contribution in [0.25, 0.3) is 0 Å². The molecule has 0 saturated heterocycles. The Morgan fingerprint density at radius 2 is 1.94 bits per heavy atom. The summed E-state index contributed by atoms with van der Waals surface area (Å²) >= 11 is 0. The number of hydrogen-bond donors (Lipinski definition) is 0. The second-order valence-corrected chi connectivity index (χ2v) is 8.53. The highest BCUT2D eigenvalue weighted by atomic mass is 19.4. The summed E-state index contributed by atoms with van der Waals surface area (Å²) in [5.74, 6) is -0.568. The molecule has 1 aromatic heterocycles. The number of halogens is 4. The summed E-state index contributed by atoms with van der Waals surface area (Å²) in [5, 5.41) is 0. The Bertz CT molecular complexity index is 1280. The Kier molecular flexibility index (Phi) is 5.86. The molecule has 35 heavy (non-hydrogen) atoms. The Morgan fingerprint density at radius 1 is 1.14 bits per heavy atom. The van der Waals surface area contributed by atoms with Crippen LogP contribution >= 0.6 is 0 Å². The van der Waals surface area contributed by atoms with Gasteiger partial charge in [0.15, 0.2) is 0 Å². The molecule has 182 valence electrons. The minimum absolute atomic E-state index is 0.0497. The van der Waals surface area contributed by atoms with E-state index in [0.717, 1.165) is 29.7 Å². The van der Waals surface area contributed by atoms with Crippen LogP contribution in [0.1, 0.15) is 35.1 Å². The fraction of sp³-hybridized carbons (Fsp3) is 0.308. The zero-order valence-corrected chi connectivity index (χ0v) is 18.6. The third-order valence-electron chi connectivity index (χ3n) is 6.35. The Morgan fingerprint density at radius 3 is 2.71 bits per heavy atom. The van der Waals surface area contributed by atoms with Crippen LogP contribution in [0.2, 0.25) is 0 Å². The molecular weight excluding hydrogens is 466 g/mol. The minimum atomic E-state index is -4.58. The van der Waals surface area contributed by atoms with Crippen molar-refractivity contribution < 1.29 is 36.6 Å². The molecule has 0 aliphatic heterocycles. The molecule has 0 N–H and O–H groups in total. The molecule has 2 aromatic carbocycles. The predicted molar refractivity (Wildman–Crippen MR) is 117 cm³/mol. The van der Waals surface area contributed by atoms with Gasteiger partial charge in [0.1, 0.15) is 23.9 Å². The molecule has 0 radical (unpaired) electrons. The number of carbonyl (C=O) groups is 1. The molecule has 1 heterocycles. The van der Waals surface area contributed by atoms with Crippen LogP contribution in [-0.4, -0.2) is 17.6 Å². The number of pyridine rings is 1. The molecule has 1 saturated carbocycles. The maximum atomic E-state index is 14.4. The number of hydrogen-bond acceptors (Lipinski definition) is 5. The van der Waals surface area contributed by atoms with Crippen LogP contribution < -0.4 is 9.47 Å². The van der Waals surface area contributed by atoms with E-state index in [1.807, 2.05) is 0 Å². The number of esters is 1. The molecule has 0 spiro atoms. The Labute approximate surface area is 198 Å². The summed E-state index contributed by atoms with van der Waals surface area (Å²) in [6.07, 6.45) is -2.18. The summed E-state index contributed by atoms with van der Waals surface area (Å²) in [5.41, 5.74) is 1.23. The first-order chi connectivity index (χ1) is 16.8. The van der Waals surface area contributed by atoms with E-state index in [-0.39, 0.29) is 47.4 Å². The van der Waals surface area contributed by atoms with Crippen molar-refractivity contribution in [2.24, 2.45) is 11.8 Å². The summed E-state index contributed by atoms with van der Waals surface area (Å²) in [6.45, 7) is 1.94. The molecule has 5 rings (SSSR count). The number of ether oxygens (including phenoxy) is 3. The van der Waals surface area contributed by atoms with Crippen molar-refractivity contribution in [3.8, 4) is 17.4 Å². The number of nitrogens with zero attached hydrogens (tertiary/aromatic N) is 1. The zero-order chi connectivity index (χ0) is 24.7. The molecule has 9 heteroatoms. The second kappa shape index (κ2) is 8.87. The molecule has 0 bridgehead atoms. The van der Waals surface area contributed by atoms with Gasteiger partial charge < -0.3 is 14.2 Å². The van der Waals surface area contributed by atoms with E-state index in [1.54, 1.807) is 19.2 Å². The number of para-hydroxylation sites is 1. The number of rotatable bonds is 7. The van der Waals surface area contributed by atoms with Crippen molar-refractivity contribution in [1.29, 1.82) is 0 Å². The quantitative estimate of drug-likeness (QED) is 0.300. The van der Waals surface area contributed by atoms with Crippen LogP contribution in [-0.2, 0) is 28.7 Å². The lowest BCUT2D eigenvalue weighted by molar-refractivity contribution is -0.145. The van der Waals surface area contributed by atoms with Crippen molar-refractivity contribution in [3.63, 3.8) is 0 Å². The second-order valence-electron chi connectivity index (χ2n) is 8.53. The van der Waals surface area contributed by atoms with E-state index in [4.69, 9.17) is 14.2 Å². The number of carbonyl (C=O) groups excluding carboxylic acids is 1. The fourth-order valence-corrected chi connectivity index (χ4v) is 4.70. The normalized spacial score (nSPS) is 20.1. The molecule has 3 atom stereocenters. The van der Waals surface area contributed by atoms with Gasteiger partial charge in [-0.25, -0.2) is 9.37 Å². The SMILES string of the molecule is CCOC(=O)C1C2Cc3cc(OCc4cc(Oc5ccccc5C(F)(F)F)ccc4F)ncc3C21. The van der Waals surface area contributed by atoms with Gasteiger partial charge in [-0.05, 0) is 60.7 Å². The molecule has 2 aliphatic carbocycles. The van der Waals surface area contributed by atoms with Crippen LogP contribution in [0, 0.1) is 17.7 Å². The summed E-state index contributed by atoms with van der Waals surface area (Å²) in [6, 6.07) is 10.3. The monoisotopic (exact) mass is 487 g/mol. The van der Waals surface area contributed by atoms with E-state index in [2.05, 4.69) is 4.98 Å². The molecular formula is C26H21F4NO4.